The van der Waals surface area contributed by atoms with E-state index in [0.717, 1.165) is 0 Å². The van der Waals surface area contributed by atoms with Gasteiger partial charge in [-0.05, 0) is 26.1 Å². The Bertz CT molecular complexity index is 180. The quantitative estimate of drug-likeness (QED) is 0.506. The van der Waals surface area contributed by atoms with Crippen molar-refractivity contribution in [2.45, 2.75) is 27.2 Å². The van der Waals surface area contributed by atoms with Crippen LogP contribution in [0.2, 0.25) is 0 Å². The van der Waals surface area contributed by atoms with E-state index in [1.165, 1.54) is 0 Å². The lowest BCUT2D eigenvalue weighted by Gasteiger charge is -2.10. The monoisotopic (exact) mass is 204 g/mol. The average molecular weight is 204 g/mol. The summed E-state index contributed by atoms with van der Waals surface area (Å²) >= 11 is 4.90. The molecule has 1 unspecified atom stereocenters. The van der Waals surface area contributed by atoms with E-state index >= 15 is 0 Å². The molecule has 0 heterocycles. The van der Waals surface area contributed by atoms with E-state index in [1.54, 1.807) is 13.8 Å². The molecule has 0 aliphatic rings. The van der Waals surface area contributed by atoms with Crippen molar-refractivity contribution < 1.29 is 14.3 Å². The summed E-state index contributed by atoms with van der Waals surface area (Å²) in [6.07, 6.45) is 0.460. The van der Waals surface area contributed by atoms with E-state index in [-0.39, 0.29) is 11.9 Å². The predicted octanol–water partition coefficient (Wildman–Crippen LogP) is 1.94. The second-order valence-electron chi connectivity index (χ2n) is 2.66. The second-order valence-corrected chi connectivity index (χ2v) is 3.12. The van der Waals surface area contributed by atoms with Crippen molar-refractivity contribution in [3.8, 4) is 0 Å². The third-order valence-corrected chi connectivity index (χ3v) is 1.75. The lowest BCUT2D eigenvalue weighted by Crippen LogP contribution is -2.18. The van der Waals surface area contributed by atoms with Crippen LogP contribution in [0.3, 0.4) is 0 Å². The molecule has 0 aromatic rings. The maximum atomic E-state index is 11.1. The van der Waals surface area contributed by atoms with Crippen molar-refractivity contribution in [1.29, 1.82) is 0 Å². The molecule has 0 fully saturated rings. The van der Waals surface area contributed by atoms with Gasteiger partial charge >= 0.3 is 5.97 Å². The fourth-order valence-electron chi connectivity index (χ4n) is 0.838. The molecule has 0 spiro atoms. The van der Waals surface area contributed by atoms with Crippen LogP contribution < -0.4 is 0 Å². The summed E-state index contributed by atoms with van der Waals surface area (Å²) in [4.78, 5) is 11.1. The maximum absolute atomic E-state index is 11.1. The number of hydrogen-bond donors (Lipinski definition) is 0. The molecular weight excluding hydrogens is 188 g/mol. The Morgan fingerprint density at radius 1 is 1.31 bits per heavy atom. The number of thiocarbonyl (C=S) groups is 1. The normalized spacial score (nSPS) is 11.9. The molecule has 0 saturated heterocycles. The Labute approximate surface area is 84.4 Å². The summed E-state index contributed by atoms with van der Waals surface area (Å²) in [5.74, 6) is -0.427. The van der Waals surface area contributed by atoms with Gasteiger partial charge in [-0.15, -0.1) is 0 Å². The molecule has 0 saturated carbocycles. The smallest absolute Gasteiger partial charge is 0.309 e. The largest absolute Gasteiger partial charge is 0.487 e. The number of carbonyl (C=O) groups excluding carboxylic acids is 1. The minimum Gasteiger partial charge on any atom is -0.487 e. The lowest BCUT2D eigenvalue weighted by molar-refractivity contribution is -0.147. The molecule has 0 radical (unpaired) electrons. The van der Waals surface area contributed by atoms with Gasteiger partial charge in [0.2, 0.25) is 0 Å². The highest BCUT2D eigenvalue weighted by molar-refractivity contribution is 7.80. The summed E-state index contributed by atoms with van der Waals surface area (Å²) in [6, 6.07) is 0. The fraction of sp³-hybridized carbons (Fsp3) is 0.778. The first-order valence-electron chi connectivity index (χ1n) is 4.44. The van der Waals surface area contributed by atoms with E-state index in [1.807, 2.05) is 6.92 Å². The summed E-state index contributed by atoms with van der Waals surface area (Å²) in [7, 11) is 0. The van der Waals surface area contributed by atoms with Crippen molar-refractivity contribution in [2.75, 3.05) is 13.2 Å². The molecule has 0 rings (SSSR count). The first-order chi connectivity index (χ1) is 6.11. The summed E-state index contributed by atoms with van der Waals surface area (Å²) in [5, 5.41) is 0.475. The first-order valence-corrected chi connectivity index (χ1v) is 4.84. The average Bonchev–Trinajstić information content (AvgIpc) is 2.05. The molecule has 0 amide bonds. The predicted molar refractivity (Wildman–Crippen MR) is 54.6 cm³/mol. The van der Waals surface area contributed by atoms with Crippen molar-refractivity contribution in [3.05, 3.63) is 0 Å². The number of ether oxygens (including phenoxy) is 2. The SMILES string of the molecule is CCOC(=O)C(C)CC(=S)OCC. The van der Waals surface area contributed by atoms with Gasteiger partial charge in [0.05, 0.1) is 19.1 Å². The van der Waals surface area contributed by atoms with E-state index in [0.29, 0.717) is 24.7 Å². The van der Waals surface area contributed by atoms with Gasteiger partial charge in [-0.3, -0.25) is 4.79 Å². The van der Waals surface area contributed by atoms with Crippen molar-refractivity contribution in [3.63, 3.8) is 0 Å². The van der Waals surface area contributed by atoms with Crippen LogP contribution in [0.4, 0.5) is 0 Å². The third-order valence-electron chi connectivity index (χ3n) is 1.47. The van der Waals surface area contributed by atoms with Gasteiger partial charge in [0.15, 0.2) is 5.05 Å². The summed E-state index contributed by atoms with van der Waals surface area (Å²) in [6.45, 7) is 6.38. The van der Waals surface area contributed by atoms with Gasteiger partial charge in [-0.25, -0.2) is 0 Å². The molecule has 3 nitrogen and oxygen atoms in total. The zero-order valence-electron chi connectivity index (χ0n) is 8.33. The Morgan fingerprint density at radius 3 is 2.31 bits per heavy atom. The minimum atomic E-state index is -0.218. The van der Waals surface area contributed by atoms with Gasteiger partial charge in [0, 0.05) is 6.42 Å². The molecule has 13 heavy (non-hydrogen) atoms. The molecule has 0 aliphatic heterocycles. The van der Waals surface area contributed by atoms with Crippen LogP contribution in [-0.4, -0.2) is 24.2 Å². The molecule has 1 atom stereocenters. The van der Waals surface area contributed by atoms with Crippen LogP contribution in [0.5, 0.6) is 0 Å². The van der Waals surface area contributed by atoms with Gasteiger partial charge in [-0.1, -0.05) is 6.92 Å². The number of esters is 1. The highest BCUT2D eigenvalue weighted by Crippen LogP contribution is 2.07. The van der Waals surface area contributed by atoms with Crippen LogP contribution in [0.1, 0.15) is 27.2 Å². The number of carbonyl (C=O) groups is 1. The maximum Gasteiger partial charge on any atom is 0.309 e. The Morgan fingerprint density at radius 2 is 1.85 bits per heavy atom. The zero-order chi connectivity index (χ0) is 10.3. The molecule has 0 aromatic carbocycles. The fourth-order valence-corrected chi connectivity index (χ4v) is 1.21. The Balaban J connectivity index is 3.78. The summed E-state index contributed by atoms with van der Waals surface area (Å²) in [5.41, 5.74) is 0. The molecule has 0 bridgehead atoms. The molecule has 0 aliphatic carbocycles. The Hall–Kier alpha value is -0.640. The van der Waals surface area contributed by atoms with E-state index in [2.05, 4.69) is 0 Å². The highest BCUT2D eigenvalue weighted by atomic mass is 32.1. The van der Waals surface area contributed by atoms with Crippen LogP contribution in [0.15, 0.2) is 0 Å². The van der Waals surface area contributed by atoms with Crippen LogP contribution >= 0.6 is 12.2 Å². The lowest BCUT2D eigenvalue weighted by atomic mass is 10.1. The van der Waals surface area contributed by atoms with Crippen LogP contribution in [0.25, 0.3) is 0 Å². The second kappa shape index (κ2) is 6.83. The Kier molecular flexibility index (Phi) is 6.49. The van der Waals surface area contributed by atoms with Gasteiger partial charge in [-0.2, -0.15) is 0 Å². The zero-order valence-corrected chi connectivity index (χ0v) is 9.15. The minimum absolute atomic E-state index is 0.209. The van der Waals surface area contributed by atoms with Gasteiger partial charge in [0.25, 0.3) is 0 Å². The van der Waals surface area contributed by atoms with Crippen molar-refractivity contribution >= 4 is 23.2 Å². The highest BCUT2D eigenvalue weighted by Gasteiger charge is 2.16. The molecule has 76 valence electrons. The van der Waals surface area contributed by atoms with Crippen molar-refractivity contribution in [1.82, 2.24) is 0 Å². The van der Waals surface area contributed by atoms with E-state index in [9.17, 15) is 4.79 Å². The van der Waals surface area contributed by atoms with E-state index in [4.69, 9.17) is 21.7 Å². The third kappa shape index (κ3) is 5.58. The number of hydrogen-bond acceptors (Lipinski definition) is 4. The van der Waals surface area contributed by atoms with E-state index < -0.39 is 0 Å². The summed E-state index contributed by atoms with van der Waals surface area (Å²) < 4.78 is 9.89. The van der Waals surface area contributed by atoms with Crippen LogP contribution in [-0.2, 0) is 14.3 Å². The standard InChI is InChI=1S/C9H16O3S/c1-4-11-8(13)6-7(3)9(10)12-5-2/h7H,4-6H2,1-3H3. The topological polar surface area (TPSA) is 35.5 Å². The molecule has 0 N–H and O–H groups in total. The van der Waals surface area contributed by atoms with Crippen LogP contribution in [0, 0.1) is 5.92 Å². The number of rotatable bonds is 5. The molecular formula is C9H16O3S. The van der Waals surface area contributed by atoms with Crippen molar-refractivity contribution in [2.24, 2.45) is 5.92 Å². The molecule has 0 aromatic heterocycles. The van der Waals surface area contributed by atoms with Gasteiger partial charge in [0.1, 0.15) is 0 Å². The first kappa shape index (κ1) is 12.4. The van der Waals surface area contributed by atoms with Gasteiger partial charge < -0.3 is 9.47 Å². The molecule has 4 heteroatoms.